The summed E-state index contributed by atoms with van der Waals surface area (Å²) < 4.78 is 15.7. The van der Waals surface area contributed by atoms with Crippen molar-refractivity contribution >= 4 is 0 Å². The van der Waals surface area contributed by atoms with Crippen molar-refractivity contribution in [2.75, 3.05) is 13.2 Å². The summed E-state index contributed by atoms with van der Waals surface area (Å²) in [5.41, 5.74) is 5.33. The Morgan fingerprint density at radius 1 is 1.50 bits per heavy atom. The number of furan rings is 1. The van der Waals surface area contributed by atoms with Crippen LogP contribution in [0.15, 0.2) is 27.3 Å². The van der Waals surface area contributed by atoms with Gasteiger partial charge in [-0.25, -0.2) is 0 Å². The van der Waals surface area contributed by atoms with Crippen molar-refractivity contribution in [3.63, 3.8) is 0 Å². The fourth-order valence-corrected chi connectivity index (χ4v) is 1.45. The number of aromatic nitrogens is 2. The van der Waals surface area contributed by atoms with Gasteiger partial charge >= 0.3 is 0 Å². The van der Waals surface area contributed by atoms with Crippen LogP contribution in [0, 0.1) is 0 Å². The van der Waals surface area contributed by atoms with Gasteiger partial charge in [0.25, 0.3) is 5.89 Å². The second-order valence-corrected chi connectivity index (χ2v) is 4.37. The van der Waals surface area contributed by atoms with Gasteiger partial charge in [-0.05, 0) is 25.5 Å². The van der Waals surface area contributed by atoms with E-state index >= 15 is 0 Å². The number of hydrogen-bond donors (Lipinski definition) is 1. The molecule has 6 nitrogen and oxygen atoms in total. The summed E-state index contributed by atoms with van der Waals surface area (Å²) in [6, 6.07) is 3.50. The van der Waals surface area contributed by atoms with Crippen LogP contribution in [-0.2, 0) is 10.3 Å². The van der Waals surface area contributed by atoms with Gasteiger partial charge in [0.2, 0.25) is 0 Å². The summed E-state index contributed by atoms with van der Waals surface area (Å²) >= 11 is 0. The van der Waals surface area contributed by atoms with Gasteiger partial charge in [0.05, 0.1) is 12.9 Å². The third kappa shape index (κ3) is 2.77. The third-order valence-corrected chi connectivity index (χ3v) is 2.42. The molecule has 2 N–H and O–H groups in total. The second kappa shape index (κ2) is 5.32. The maximum absolute atomic E-state index is 6.10. The van der Waals surface area contributed by atoms with Crippen molar-refractivity contribution in [2.45, 2.75) is 25.8 Å². The molecule has 0 radical (unpaired) electrons. The molecule has 2 aromatic heterocycles. The molecule has 2 heterocycles. The van der Waals surface area contributed by atoms with Crippen molar-refractivity contribution in [1.82, 2.24) is 10.1 Å². The number of nitrogens with zero attached hydrogens (tertiary/aromatic N) is 2. The SMILES string of the molecule is CCCOCC(C)(N)c1noc(-c2ccco2)n1. The molecule has 2 rings (SSSR count). The van der Waals surface area contributed by atoms with E-state index in [4.69, 9.17) is 19.4 Å². The van der Waals surface area contributed by atoms with Crippen LogP contribution in [0.3, 0.4) is 0 Å². The summed E-state index contributed by atoms with van der Waals surface area (Å²) in [5, 5.41) is 3.87. The molecule has 98 valence electrons. The van der Waals surface area contributed by atoms with E-state index < -0.39 is 5.54 Å². The van der Waals surface area contributed by atoms with Gasteiger partial charge in [0, 0.05) is 6.61 Å². The van der Waals surface area contributed by atoms with E-state index in [0.29, 0.717) is 30.7 Å². The number of hydrogen-bond acceptors (Lipinski definition) is 6. The second-order valence-electron chi connectivity index (χ2n) is 4.37. The average molecular weight is 251 g/mol. The van der Waals surface area contributed by atoms with Crippen LogP contribution in [0.5, 0.6) is 0 Å². The fraction of sp³-hybridized carbons (Fsp3) is 0.500. The smallest absolute Gasteiger partial charge is 0.293 e. The van der Waals surface area contributed by atoms with Crippen molar-refractivity contribution in [3.8, 4) is 11.7 Å². The largest absolute Gasteiger partial charge is 0.459 e. The molecule has 0 amide bonds. The van der Waals surface area contributed by atoms with Crippen LogP contribution in [0.1, 0.15) is 26.1 Å². The van der Waals surface area contributed by atoms with Crippen LogP contribution in [0.4, 0.5) is 0 Å². The van der Waals surface area contributed by atoms with Crippen LogP contribution >= 0.6 is 0 Å². The number of nitrogens with two attached hydrogens (primary N) is 1. The van der Waals surface area contributed by atoms with Crippen LogP contribution < -0.4 is 5.73 Å². The highest BCUT2D eigenvalue weighted by Crippen LogP contribution is 2.21. The van der Waals surface area contributed by atoms with E-state index in [2.05, 4.69) is 10.1 Å². The monoisotopic (exact) mass is 251 g/mol. The van der Waals surface area contributed by atoms with Gasteiger partial charge in [-0.3, -0.25) is 0 Å². The van der Waals surface area contributed by atoms with Gasteiger partial charge in [-0.2, -0.15) is 4.98 Å². The minimum absolute atomic E-state index is 0.321. The third-order valence-electron chi connectivity index (χ3n) is 2.42. The number of ether oxygens (including phenoxy) is 1. The highest BCUT2D eigenvalue weighted by molar-refractivity contribution is 5.43. The molecular weight excluding hydrogens is 234 g/mol. The zero-order valence-electron chi connectivity index (χ0n) is 10.5. The minimum Gasteiger partial charge on any atom is -0.459 e. The maximum Gasteiger partial charge on any atom is 0.293 e. The quantitative estimate of drug-likeness (QED) is 0.789. The van der Waals surface area contributed by atoms with E-state index in [-0.39, 0.29) is 0 Å². The maximum atomic E-state index is 6.10. The van der Waals surface area contributed by atoms with E-state index in [1.807, 2.05) is 6.92 Å². The van der Waals surface area contributed by atoms with Crippen molar-refractivity contribution in [3.05, 3.63) is 24.2 Å². The Morgan fingerprint density at radius 2 is 2.33 bits per heavy atom. The highest BCUT2D eigenvalue weighted by atomic mass is 16.5. The van der Waals surface area contributed by atoms with E-state index in [1.165, 1.54) is 0 Å². The Labute approximate surface area is 105 Å². The number of rotatable bonds is 6. The average Bonchev–Trinajstić information content (AvgIpc) is 3.00. The van der Waals surface area contributed by atoms with Crippen LogP contribution in [-0.4, -0.2) is 23.4 Å². The summed E-state index contributed by atoms with van der Waals surface area (Å²) in [5.74, 6) is 1.26. The first-order valence-electron chi connectivity index (χ1n) is 5.88. The van der Waals surface area contributed by atoms with Crippen molar-refractivity contribution in [2.24, 2.45) is 5.73 Å². The molecule has 0 fully saturated rings. The van der Waals surface area contributed by atoms with Crippen molar-refractivity contribution in [1.29, 1.82) is 0 Å². The highest BCUT2D eigenvalue weighted by Gasteiger charge is 2.28. The molecule has 0 aromatic carbocycles. The first kappa shape index (κ1) is 12.8. The molecule has 18 heavy (non-hydrogen) atoms. The lowest BCUT2D eigenvalue weighted by molar-refractivity contribution is 0.0867. The molecule has 1 unspecified atom stereocenters. The molecule has 0 saturated carbocycles. The topological polar surface area (TPSA) is 87.3 Å². The zero-order chi connectivity index (χ0) is 13.0. The fourth-order valence-electron chi connectivity index (χ4n) is 1.45. The van der Waals surface area contributed by atoms with E-state index in [1.54, 1.807) is 25.3 Å². The first-order chi connectivity index (χ1) is 8.63. The van der Waals surface area contributed by atoms with E-state index in [9.17, 15) is 0 Å². The molecule has 0 saturated heterocycles. The lowest BCUT2D eigenvalue weighted by Crippen LogP contribution is -2.39. The molecule has 6 heteroatoms. The zero-order valence-corrected chi connectivity index (χ0v) is 10.5. The molecule has 1 atom stereocenters. The summed E-state index contributed by atoms with van der Waals surface area (Å²) in [4.78, 5) is 4.23. The standard InChI is InChI=1S/C12H17N3O3/c1-3-6-16-8-12(2,13)11-14-10(18-15-11)9-5-4-7-17-9/h4-5,7H,3,6,8,13H2,1-2H3. The lowest BCUT2D eigenvalue weighted by Gasteiger charge is -2.19. The van der Waals surface area contributed by atoms with Gasteiger partial charge < -0.3 is 19.4 Å². The van der Waals surface area contributed by atoms with Gasteiger partial charge in [-0.1, -0.05) is 12.1 Å². The Balaban J connectivity index is 2.09. The Bertz CT molecular complexity index is 476. The molecule has 0 aliphatic heterocycles. The van der Waals surface area contributed by atoms with Gasteiger partial charge in [0.1, 0.15) is 5.54 Å². The summed E-state index contributed by atoms with van der Waals surface area (Å²) in [6.07, 6.45) is 2.49. The molecular formula is C12H17N3O3. The van der Waals surface area contributed by atoms with E-state index in [0.717, 1.165) is 6.42 Å². The summed E-state index contributed by atoms with van der Waals surface area (Å²) in [6.45, 7) is 4.85. The predicted octanol–water partition coefficient (Wildman–Crippen LogP) is 1.93. The van der Waals surface area contributed by atoms with Gasteiger partial charge in [-0.15, -0.1) is 0 Å². The summed E-state index contributed by atoms with van der Waals surface area (Å²) in [7, 11) is 0. The molecule has 0 spiro atoms. The normalized spacial score (nSPS) is 14.6. The van der Waals surface area contributed by atoms with Gasteiger partial charge in [0.15, 0.2) is 11.6 Å². The Hall–Kier alpha value is -1.66. The van der Waals surface area contributed by atoms with Crippen LogP contribution in [0.2, 0.25) is 0 Å². The molecule has 2 aromatic rings. The molecule has 0 bridgehead atoms. The van der Waals surface area contributed by atoms with Crippen molar-refractivity contribution < 1.29 is 13.7 Å². The molecule has 0 aliphatic carbocycles. The minimum atomic E-state index is -0.774. The Morgan fingerprint density at radius 3 is 3.00 bits per heavy atom. The molecule has 0 aliphatic rings. The lowest BCUT2D eigenvalue weighted by atomic mass is 10.1. The Kier molecular flexibility index (Phi) is 3.78. The first-order valence-corrected chi connectivity index (χ1v) is 5.88. The van der Waals surface area contributed by atoms with Crippen LogP contribution in [0.25, 0.3) is 11.7 Å². The predicted molar refractivity (Wildman–Crippen MR) is 64.6 cm³/mol.